The third-order valence-corrected chi connectivity index (χ3v) is 4.61. The lowest BCUT2D eigenvalue weighted by atomic mass is 10.0. The van der Waals surface area contributed by atoms with E-state index in [0.29, 0.717) is 5.02 Å². The first-order chi connectivity index (χ1) is 12.5. The maximum atomic E-state index is 12.5. The summed E-state index contributed by atoms with van der Waals surface area (Å²) in [5.41, 5.74) is 2.10. The van der Waals surface area contributed by atoms with Crippen molar-refractivity contribution < 1.29 is 14.3 Å². The van der Waals surface area contributed by atoms with Gasteiger partial charge >= 0.3 is 5.97 Å². The standard InChI is InChI=1S/C19H16Cl2N2O3/c1-26-19(25)17(8-11-10-22-16-5-3-2-4-13(11)16)23-18(24)14-7-6-12(20)9-15(14)21/h2-7,9-10,17,22H,8H2,1H3,(H,23,24). The number of carbonyl (C=O) groups is 2. The summed E-state index contributed by atoms with van der Waals surface area (Å²) in [7, 11) is 1.28. The monoisotopic (exact) mass is 390 g/mol. The van der Waals surface area contributed by atoms with Crippen LogP contribution in [-0.2, 0) is 16.0 Å². The quantitative estimate of drug-likeness (QED) is 0.647. The molecule has 0 aliphatic heterocycles. The van der Waals surface area contributed by atoms with E-state index < -0.39 is 17.9 Å². The molecule has 1 atom stereocenters. The van der Waals surface area contributed by atoms with Gasteiger partial charge in [0.05, 0.1) is 17.7 Å². The number of ether oxygens (including phenoxy) is 1. The molecule has 7 heteroatoms. The van der Waals surface area contributed by atoms with Crippen molar-refractivity contribution in [3.05, 3.63) is 69.8 Å². The van der Waals surface area contributed by atoms with Crippen LogP contribution >= 0.6 is 23.2 Å². The highest BCUT2D eigenvalue weighted by Gasteiger charge is 2.24. The zero-order valence-electron chi connectivity index (χ0n) is 13.9. The average Bonchev–Trinajstić information content (AvgIpc) is 3.03. The van der Waals surface area contributed by atoms with Crippen LogP contribution in [0.1, 0.15) is 15.9 Å². The van der Waals surface area contributed by atoms with Crippen LogP contribution in [-0.4, -0.2) is 30.0 Å². The van der Waals surface area contributed by atoms with Gasteiger partial charge in [-0.05, 0) is 29.8 Å². The van der Waals surface area contributed by atoms with E-state index in [2.05, 4.69) is 10.3 Å². The number of aromatic nitrogens is 1. The lowest BCUT2D eigenvalue weighted by Crippen LogP contribution is -2.43. The topological polar surface area (TPSA) is 71.2 Å². The fourth-order valence-corrected chi connectivity index (χ4v) is 3.26. The molecule has 0 aliphatic rings. The number of nitrogens with one attached hydrogen (secondary N) is 2. The van der Waals surface area contributed by atoms with E-state index in [9.17, 15) is 9.59 Å². The van der Waals surface area contributed by atoms with Gasteiger partial charge in [-0.15, -0.1) is 0 Å². The fraction of sp³-hybridized carbons (Fsp3) is 0.158. The Labute approximate surface area is 160 Å². The normalized spacial score (nSPS) is 12.0. The van der Waals surface area contributed by atoms with Crippen molar-refractivity contribution in [3.8, 4) is 0 Å². The number of benzene rings is 2. The Morgan fingerprint density at radius 3 is 2.69 bits per heavy atom. The maximum absolute atomic E-state index is 12.5. The van der Waals surface area contributed by atoms with Gasteiger partial charge in [-0.25, -0.2) is 4.79 Å². The van der Waals surface area contributed by atoms with Gasteiger partial charge < -0.3 is 15.0 Å². The molecular formula is C19H16Cl2N2O3. The molecule has 1 amide bonds. The lowest BCUT2D eigenvalue weighted by molar-refractivity contribution is -0.142. The third kappa shape index (κ3) is 3.84. The summed E-state index contributed by atoms with van der Waals surface area (Å²) in [6.45, 7) is 0. The lowest BCUT2D eigenvalue weighted by Gasteiger charge is -2.17. The molecule has 0 saturated heterocycles. The Hall–Kier alpha value is -2.50. The van der Waals surface area contributed by atoms with Crippen LogP contribution in [0.5, 0.6) is 0 Å². The highest BCUT2D eigenvalue weighted by molar-refractivity contribution is 6.36. The molecule has 2 N–H and O–H groups in total. The van der Waals surface area contributed by atoms with Crippen LogP contribution in [0.15, 0.2) is 48.7 Å². The number of carbonyl (C=O) groups excluding carboxylic acids is 2. The van der Waals surface area contributed by atoms with Crippen LogP contribution in [0.3, 0.4) is 0 Å². The number of amides is 1. The van der Waals surface area contributed by atoms with E-state index in [0.717, 1.165) is 16.5 Å². The first kappa shape index (κ1) is 18.3. The Bertz CT molecular complexity index is 968. The van der Waals surface area contributed by atoms with Crippen molar-refractivity contribution in [2.75, 3.05) is 7.11 Å². The molecule has 0 radical (unpaired) electrons. The van der Waals surface area contributed by atoms with E-state index >= 15 is 0 Å². The number of methoxy groups -OCH3 is 1. The fourth-order valence-electron chi connectivity index (χ4n) is 2.77. The highest BCUT2D eigenvalue weighted by Crippen LogP contribution is 2.22. The summed E-state index contributed by atoms with van der Waals surface area (Å²) >= 11 is 11.9. The van der Waals surface area contributed by atoms with Crippen molar-refractivity contribution in [2.24, 2.45) is 0 Å². The van der Waals surface area contributed by atoms with Gasteiger partial charge in [0.2, 0.25) is 0 Å². The maximum Gasteiger partial charge on any atom is 0.328 e. The number of esters is 1. The van der Waals surface area contributed by atoms with Gasteiger partial charge in [0.1, 0.15) is 6.04 Å². The van der Waals surface area contributed by atoms with Gasteiger partial charge in [-0.3, -0.25) is 4.79 Å². The Balaban J connectivity index is 1.84. The van der Waals surface area contributed by atoms with E-state index in [4.69, 9.17) is 27.9 Å². The number of aromatic amines is 1. The zero-order valence-corrected chi connectivity index (χ0v) is 15.4. The molecule has 0 bridgehead atoms. The smallest absolute Gasteiger partial charge is 0.328 e. The number of rotatable bonds is 5. The molecule has 1 heterocycles. The van der Waals surface area contributed by atoms with Crippen LogP contribution in [0, 0.1) is 0 Å². The summed E-state index contributed by atoms with van der Waals surface area (Å²) in [6, 6.07) is 11.4. The highest BCUT2D eigenvalue weighted by atomic mass is 35.5. The average molecular weight is 391 g/mol. The molecular weight excluding hydrogens is 375 g/mol. The van der Waals surface area contributed by atoms with Crippen molar-refractivity contribution in [1.29, 1.82) is 0 Å². The van der Waals surface area contributed by atoms with E-state index in [-0.39, 0.29) is 17.0 Å². The SMILES string of the molecule is COC(=O)C(Cc1c[nH]c2ccccc12)NC(=O)c1ccc(Cl)cc1Cl. The molecule has 3 rings (SSSR count). The second-order valence-corrected chi connectivity index (χ2v) is 6.58. The van der Waals surface area contributed by atoms with Crippen LogP contribution in [0.4, 0.5) is 0 Å². The summed E-state index contributed by atoms with van der Waals surface area (Å²) in [6.07, 6.45) is 2.11. The zero-order chi connectivity index (χ0) is 18.7. The summed E-state index contributed by atoms with van der Waals surface area (Å²) < 4.78 is 4.84. The summed E-state index contributed by atoms with van der Waals surface area (Å²) in [5, 5.41) is 4.32. The number of para-hydroxylation sites is 1. The Morgan fingerprint density at radius 1 is 1.19 bits per heavy atom. The number of H-pyrrole nitrogens is 1. The van der Waals surface area contributed by atoms with Crippen molar-refractivity contribution >= 4 is 46.0 Å². The van der Waals surface area contributed by atoms with Gasteiger partial charge in [0.25, 0.3) is 5.91 Å². The molecule has 134 valence electrons. The molecule has 5 nitrogen and oxygen atoms in total. The minimum absolute atomic E-state index is 0.214. The van der Waals surface area contributed by atoms with Crippen molar-refractivity contribution in [3.63, 3.8) is 0 Å². The molecule has 0 fully saturated rings. The molecule has 26 heavy (non-hydrogen) atoms. The molecule has 2 aromatic carbocycles. The van der Waals surface area contributed by atoms with E-state index in [1.165, 1.54) is 19.2 Å². The Morgan fingerprint density at radius 2 is 1.96 bits per heavy atom. The summed E-state index contributed by atoms with van der Waals surface area (Å²) in [5.74, 6) is -1.00. The predicted molar refractivity (Wildman–Crippen MR) is 102 cm³/mol. The largest absolute Gasteiger partial charge is 0.467 e. The molecule has 0 saturated carbocycles. The molecule has 1 unspecified atom stereocenters. The minimum atomic E-state index is -0.849. The van der Waals surface area contributed by atoms with Crippen LogP contribution < -0.4 is 5.32 Å². The summed E-state index contributed by atoms with van der Waals surface area (Å²) in [4.78, 5) is 27.9. The molecule has 0 aliphatic carbocycles. The van der Waals surface area contributed by atoms with Gasteiger partial charge in [-0.1, -0.05) is 41.4 Å². The second-order valence-electron chi connectivity index (χ2n) is 5.74. The predicted octanol–water partition coefficient (Wildman–Crippen LogP) is 3.99. The number of fused-ring (bicyclic) bond motifs is 1. The number of hydrogen-bond donors (Lipinski definition) is 2. The van der Waals surface area contributed by atoms with Crippen molar-refractivity contribution in [2.45, 2.75) is 12.5 Å². The molecule has 1 aromatic heterocycles. The Kier molecular flexibility index (Phi) is 5.49. The van der Waals surface area contributed by atoms with E-state index in [1.807, 2.05) is 30.5 Å². The third-order valence-electron chi connectivity index (χ3n) is 4.07. The van der Waals surface area contributed by atoms with Gasteiger partial charge in [-0.2, -0.15) is 0 Å². The minimum Gasteiger partial charge on any atom is -0.467 e. The van der Waals surface area contributed by atoms with Gasteiger partial charge in [0, 0.05) is 28.5 Å². The second kappa shape index (κ2) is 7.81. The number of hydrogen-bond acceptors (Lipinski definition) is 3. The van der Waals surface area contributed by atoms with E-state index in [1.54, 1.807) is 6.07 Å². The van der Waals surface area contributed by atoms with Crippen LogP contribution in [0.25, 0.3) is 10.9 Å². The first-order valence-electron chi connectivity index (χ1n) is 7.88. The first-order valence-corrected chi connectivity index (χ1v) is 8.64. The molecule has 0 spiro atoms. The van der Waals surface area contributed by atoms with Gasteiger partial charge in [0.15, 0.2) is 0 Å². The van der Waals surface area contributed by atoms with Crippen molar-refractivity contribution in [1.82, 2.24) is 10.3 Å². The number of halogens is 2. The molecule has 3 aromatic rings. The van der Waals surface area contributed by atoms with Crippen LogP contribution in [0.2, 0.25) is 10.0 Å².